The number of esters is 1. The molecule has 0 bridgehead atoms. The molecule has 0 unspecified atom stereocenters. The fourth-order valence-electron chi connectivity index (χ4n) is 2.76. The number of hydrazone groups is 1. The van der Waals surface area contributed by atoms with Crippen LogP contribution in [0.4, 0.5) is 0 Å². The highest BCUT2D eigenvalue weighted by Crippen LogP contribution is 2.20. The molecule has 0 aliphatic carbocycles. The van der Waals surface area contributed by atoms with E-state index >= 15 is 0 Å². The van der Waals surface area contributed by atoms with E-state index in [2.05, 4.69) is 10.5 Å². The molecule has 0 radical (unpaired) electrons. The number of rotatable bonds is 7. The molecule has 0 saturated carbocycles. The molecule has 3 aromatic rings. The maximum absolute atomic E-state index is 12.4. The maximum atomic E-state index is 12.4. The molecular formula is C24H22N2O5. The van der Waals surface area contributed by atoms with Gasteiger partial charge in [0.25, 0.3) is 5.91 Å². The molecule has 0 aliphatic heterocycles. The van der Waals surface area contributed by atoms with Crippen molar-refractivity contribution >= 4 is 18.1 Å². The van der Waals surface area contributed by atoms with E-state index in [1.807, 2.05) is 13.0 Å². The van der Waals surface area contributed by atoms with Gasteiger partial charge in [-0.05, 0) is 66.6 Å². The first kappa shape index (κ1) is 21.6. The highest BCUT2D eigenvalue weighted by atomic mass is 16.5. The maximum Gasteiger partial charge on any atom is 0.343 e. The van der Waals surface area contributed by atoms with Crippen LogP contribution < -0.4 is 19.6 Å². The summed E-state index contributed by atoms with van der Waals surface area (Å²) in [4.78, 5) is 24.7. The van der Waals surface area contributed by atoms with Crippen LogP contribution in [0, 0.1) is 6.92 Å². The number of carbonyl (C=O) groups is 2. The standard InChI is InChI=1S/C24H22N2O5/c1-16-7-12-21(22(13-16)30-3)23(27)26-25-15-17-5-4-6-20(14-17)31-24(28)18-8-10-19(29-2)11-9-18/h4-15H,1-3H3,(H,26,27)/b25-15-. The van der Waals surface area contributed by atoms with E-state index < -0.39 is 11.9 Å². The molecule has 0 heterocycles. The predicted molar refractivity (Wildman–Crippen MR) is 117 cm³/mol. The van der Waals surface area contributed by atoms with Gasteiger partial charge >= 0.3 is 5.97 Å². The molecule has 0 saturated heterocycles. The third-order valence-electron chi connectivity index (χ3n) is 4.38. The number of hydrogen-bond donors (Lipinski definition) is 1. The van der Waals surface area contributed by atoms with E-state index in [0.717, 1.165) is 5.56 Å². The van der Waals surface area contributed by atoms with Crippen molar-refractivity contribution in [3.8, 4) is 17.2 Å². The van der Waals surface area contributed by atoms with Gasteiger partial charge in [-0.25, -0.2) is 10.2 Å². The lowest BCUT2D eigenvalue weighted by Gasteiger charge is -2.08. The number of methoxy groups -OCH3 is 2. The Morgan fingerprint density at radius 2 is 1.68 bits per heavy atom. The fraction of sp³-hybridized carbons (Fsp3) is 0.125. The smallest absolute Gasteiger partial charge is 0.343 e. The Balaban J connectivity index is 1.64. The Bertz CT molecular complexity index is 1110. The molecule has 158 valence electrons. The molecule has 0 fully saturated rings. The summed E-state index contributed by atoms with van der Waals surface area (Å²) in [7, 11) is 3.06. The van der Waals surface area contributed by atoms with E-state index in [1.54, 1.807) is 67.8 Å². The van der Waals surface area contributed by atoms with Crippen molar-refractivity contribution in [2.24, 2.45) is 5.10 Å². The van der Waals surface area contributed by atoms with Crippen LogP contribution in [0.3, 0.4) is 0 Å². The van der Waals surface area contributed by atoms with E-state index in [0.29, 0.717) is 33.9 Å². The SMILES string of the molecule is COc1ccc(C(=O)Oc2cccc(/C=N\NC(=O)c3ccc(C)cc3OC)c2)cc1. The molecule has 1 N–H and O–H groups in total. The molecule has 0 aromatic heterocycles. The van der Waals surface area contributed by atoms with Crippen molar-refractivity contribution in [1.29, 1.82) is 0 Å². The zero-order chi connectivity index (χ0) is 22.2. The quantitative estimate of drug-likeness (QED) is 0.271. The Morgan fingerprint density at radius 1 is 0.903 bits per heavy atom. The molecule has 7 nitrogen and oxygen atoms in total. The number of ether oxygens (including phenoxy) is 3. The molecular weight excluding hydrogens is 396 g/mol. The molecule has 0 aliphatic rings. The van der Waals surface area contributed by atoms with Crippen LogP contribution in [-0.2, 0) is 0 Å². The lowest BCUT2D eigenvalue weighted by Crippen LogP contribution is -2.18. The second-order valence-electron chi connectivity index (χ2n) is 6.59. The zero-order valence-corrected chi connectivity index (χ0v) is 17.4. The Morgan fingerprint density at radius 3 is 2.39 bits per heavy atom. The molecule has 0 atom stereocenters. The van der Waals surface area contributed by atoms with Crippen LogP contribution in [0.25, 0.3) is 0 Å². The molecule has 7 heteroatoms. The summed E-state index contributed by atoms with van der Waals surface area (Å²) in [6.45, 7) is 1.91. The minimum absolute atomic E-state index is 0.358. The summed E-state index contributed by atoms with van der Waals surface area (Å²) < 4.78 is 15.7. The van der Waals surface area contributed by atoms with Gasteiger partial charge in [0.05, 0.1) is 31.6 Å². The van der Waals surface area contributed by atoms with Crippen LogP contribution in [0.15, 0.2) is 71.8 Å². The van der Waals surface area contributed by atoms with E-state index in [1.165, 1.54) is 13.3 Å². The monoisotopic (exact) mass is 418 g/mol. The molecule has 0 spiro atoms. The fourth-order valence-corrected chi connectivity index (χ4v) is 2.76. The molecule has 3 rings (SSSR count). The lowest BCUT2D eigenvalue weighted by molar-refractivity contribution is 0.0734. The van der Waals surface area contributed by atoms with Crippen molar-refractivity contribution in [3.63, 3.8) is 0 Å². The lowest BCUT2D eigenvalue weighted by atomic mass is 10.1. The van der Waals surface area contributed by atoms with Crippen LogP contribution in [0.5, 0.6) is 17.2 Å². The summed E-state index contributed by atoms with van der Waals surface area (Å²) in [5.41, 5.74) is 4.89. The Labute approximate surface area is 180 Å². The second-order valence-corrected chi connectivity index (χ2v) is 6.59. The van der Waals surface area contributed by atoms with Gasteiger partial charge < -0.3 is 14.2 Å². The van der Waals surface area contributed by atoms with Gasteiger partial charge in [-0.2, -0.15) is 5.10 Å². The van der Waals surface area contributed by atoms with Crippen LogP contribution in [0.2, 0.25) is 0 Å². The summed E-state index contributed by atoms with van der Waals surface area (Å²) in [6.07, 6.45) is 1.46. The number of hydrogen-bond acceptors (Lipinski definition) is 6. The predicted octanol–water partition coefficient (Wildman–Crippen LogP) is 4.00. The first-order valence-electron chi connectivity index (χ1n) is 9.44. The second kappa shape index (κ2) is 10.1. The number of nitrogens with zero attached hydrogens (tertiary/aromatic N) is 1. The van der Waals surface area contributed by atoms with Gasteiger partial charge in [-0.1, -0.05) is 18.2 Å². The van der Waals surface area contributed by atoms with Gasteiger partial charge in [0, 0.05) is 0 Å². The van der Waals surface area contributed by atoms with Crippen LogP contribution in [-0.4, -0.2) is 32.3 Å². The molecule has 31 heavy (non-hydrogen) atoms. The van der Waals surface area contributed by atoms with Gasteiger partial charge in [0.2, 0.25) is 0 Å². The highest BCUT2D eigenvalue weighted by Gasteiger charge is 2.12. The van der Waals surface area contributed by atoms with Crippen LogP contribution >= 0.6 is 0 Å². The Hall–Kier alpha value is -4.13. The largest absolute Gasteiger partial charge is 0.497 e. The van der Waals surface area contributed by atoms with Crippen molar-refractivity contribution in [1.82, 2.24) is 5.43 Å². The first-order valence-corrected chi connectivity index (χ1v) is 9.44. The minimum Gasteiger partial charge on any atom is -0.497 e. The minimum atomic E-state index is -0.489. The van der Waals surface area contributed by atoms with E-state index in [9.17, 15) is 9.59 Å². The first-order chi connectivity index (χ1) is 15.0. The number of benzene rings is 3. The zero-order valence-electron chi connectivity index (χ0n) is 17.4. The van der Waals surface area contributed by atoms with Gasteiger partial charge in [-0.3, -0.25) is 4.79 Å². The van der Waals surface area contributed by atoms with Crippen LogP contribution in [0.1, 0.15) is 31.8 Å². The van der Waals surface area contributed by atoms with E-state index in [-0.39, 0.29) is 0 Å². The normalized spacial score (nSPS) is 10.5. The third kappa shape index (κ3) is 5.70. The number of nitrogens with one attached hydrogen (secondary N) is 1. The van der Waals surface area contributed by atoms with Gasteiger partial charge in [0.1, 0.15) is 17.2 Å². The third-order valence-corrected chi connectivity index (χ3v) is 4.38. The van der Waals surface area contributed by atoms with Crippen molar-refractivity contribution in [2.45, 2.75) is 6.92 Å². The molecule has 3 aromatic carbocycles. The summed E-state index contributed by atoms with van der Waals surface area (Å²) in [5.74, 6) is 0.600. The van der Waals surface area contributed by atoms with Crippen molar-refractivity contribution < 1.29 is 23.8 Å². The van der Waals surface area contributed by atoms with Crippen molar-refractivity contribution in [2.75, 3.05) is 14.2 Å². The average Bonchev–Trinajstić information content (AvgIpc) is 2.79. The summed E-state index contributed by atoms with van der Waals surface area (Å²) in [6, 6.07) is 18.7. The number of aryl methyl sites for hydroxylation is 1. The summed E-state index contributed by atoms with van der Waals surface area (Å²) >= 11 is 0. The average molecular weight is 418 g/mol. The number of carbonyl (C=O) groups excluding carboxylic acids is 2. The topological polar surface area (TPSA) is 86.2 Å². The summed E-state index contributed by atoms with van der Waals surface area (Å²) in [5, 5.41) is 3.98. The number of amides is 1. The van der Waals surface area contributed by atoms with E-state index in [4.69, 9.17) is 14.2 Å². The Kier molecular flexibility index (Phi) is 7.01. The van der Waals surface area contributed by atoms with Gasteiger partial charge in [0.15, 0.2) is 0 Å². The van der Waals surface area contributed by atoms with Gasteiger partial charge in [-0.15, -0.1) is 0 Å². The highest BCUT2D eigenvalue weighted by molar-refractivity contribution is 5.97. The molecule has 1 amide bonds. The van der Waals surface area contributed by atoms with Crippen molar-refractivity contribution in [3.05, 3.63) is 89.0 Å².